The highest BCUT2D eigenvalue weighted by Crippen LogP contribution is 2.22. The molecule has 0 aliphatic carbocycles. The smallest absolute Gasteiger partial charge is 0.259 e. The number of carbonyl (C=O) groups is 1. The Hall–Kier alpha value is -2.87. The molecule has 4 nitrogen and oxygen atoms in total. The highest BCUT2D eigenvalue weighted by atomic mass is 19.1. The summed E-state index contributed by atoms with van der Waals surface area (Å²) in [6, 6.07) is 14.0. The molecule has 1 amide bonds. The van der Waals surface area contributed by atoms with Crippen molar-refractivity contribution in [3.05, 3.63) is 65.5 Å². The highest BCUT2D eigenvalue weighted by molar-refractivity contribution is 5.97. The Kier molecular flexibility index (Phi) is 4.52. The Labute approximate surface area is 121 Å². The summed E-state index contributed by atoms with van der Waals surface area (Å²) in [4.78, 5) is 12.2. The third-order valence-corrected chi connectivity index (χ3v) is 2.96. The average molecular weight is 284 g/mol. The summed E-state index contributed by atoms with van der Waals surface area (Å²) in [7, 11) is 1.35. The van der Waals surface area contributed by atoms with Crippen LogP contribution in [0.25, 0.3) is 0 Å². The van der Waals surface area contributed by atoms with Crippen LogP contribution in [0.1, 0.15) is 22.0 Å². The Morgan fingerprint density at radius 3 is 2.57 bits per heavy atom. The molecule has 2 rings (SSSR count). The molecule has 21 heavy (non-hydrogen) atoms. The number of halogens is 1. The number of hydrogen-bond donors (Lipinski definition) is 1. The fraction of sp³-hybridized carbons (Fsp3) is 0.125. The van der Waals surface area contributed by atoms with E-state index in [1.807, 2.05) is 6.07 Å². The van der Waals surface area contributed by atoms with E-state index in [0.717, 1.165) is 0 Å². The first-order chi connectivity index (χ1) is 10.2. The molecule has 0 radical (unpaired) electrons. The lowest BCUT2D eigenvalue weighted by Gasteiger charge is -2.14. The molecular formula is C16H13FN2O2. The average Bonchev–Trinajstić information content (AvgIpc) is 2.52. The molecule has 0 saturated carbocycles. The van der Waals surface area contributed by atoms with Crippen LogP contribution in [0.4, 0.5) is 4.39 Å². The molecule has 0 aliphatic rings. The van der Waals surface area contributed by atoms with Crippen molar-refractivity contribution in [2.45, 2.75) is 6.04 Å². The van der Waals surface area contributed by atoms with E-state index in [0.29, 0.717) is 5.56 Å². The number of nitriles is 1. The largest absolute Gasteiger partial charge is 0.496 e. The predicted octanol–water partition coefficient (Wildman–Crippen LogP) is 2.83. The number of nitrogens with one attached hydrogen (secondary N) is 1. The normalized spacial score (nSPS) is 11.3. The fourth-order valence-corrected chi connectivity index (χ4v) is 1.93. The summed E-state index contributed by atoms with van der Waals surface area (Å²) in [6.07, 6.45) is 0. The van der Waals surface area contributed by atoms with Crippen molar-refractivity contribution in [2.24, 2.45) is 0 Å². The number of amides is 1. The van der Waals surface area contributed by atoms with Crippen molar-refractivity contribution in [1.82, 2.24) is 5.32 Å². The van der Waals surface area contributed by atoms with Gasteiger partial charge < -0.3 is 10.1 Å². The van der Waals surface area contributed by atoms with Gasteiger partial charge in [-0.2, -0.15) is 5.26 Å². The van der Waals surface area contributed by atoms with Gasteiger partial charge in [0.05, 0.1) is 13.2 Å². The first-order valence-electron chi connectivity index (χ1n) is 6.25. The van der Waals surface area contributed by atoms with Crippen LogP contribution in [0.3, 0.4) is 0 Å². The van der Waals surface area contributed by atoms with Crippen LogP contribution < -0.4 is 10.1 Å². The van der Waals surface area contributed by atoms with Gasteiger partial charge in [0.25, 0.3) is 5.91 Å². The summed E-state index contributed by atoms with van der Waals surface area (Å²) in [6.45, 7) is 0. The molecule has 0 aromatic heterocycles. The zero-order valence-electron chi connectivity index (χ0n) is 11.3. The molecule has 0 spiro atoms. The van der Waals surface area contributed by atoms with Crippen molar-refractivity contribution in [3.63, 3.8) is 0 Å². The number of nitrogens with zero attached hydrogens (tertiary/aromatic N) is 1. The second-order valence-electron chi connectivity index (χ2n) is 4.26. The molecular weight excluding hydrogens is 271 g/mol. The van der Waals surface area contributed by atoms with Gasteiger partial charge in [0.1, 0.15) is 23.2 Å². The maximum Gasteiger partial charge on any atom is 0.259 e. The molecule has 0 bridgehead atoms. The van der Waals surface area contributed by atoms with Gasteiger partial charge in [0.2, 0.25) is 0 Å². The third kappa shape index (κ3) is 3.18. The van der Waals surface area contributed by atoms with Gasteiger partial charge in [-0.15, -0.1) is 0 Å². The minimum absolute atomic E-state index is 0.122. The van der Waals surface area contributed by atoms with E-state index in [2.05, 4.69) is 5.32 Å². The summed E-state index contributed by atoms with van der Waals surface area (Å²) < 4.78 is 18.8. The van der Waals surface area contributed by atoms with Crippen LogP contribution in [0, 0.1) is 17.1 Å². The molecule has 0 heterocycles. The van der Waals surface area contributed by atoms with Crippen molar-refractivity contribution < 1.29 is 13.9 Å². The van der Waals surface area contributed by atoms with E-state index in [4.69, 9.17) is 4.74 Å². The predicted molar refractivity (Wildman–Crippen MR) is 75.2 cm³/mol. The van der Waals surface area contributed by atoms with Crippen LogP contribution in [-0.2, 0) is 0 Å². The number of hydrogen-bond acceptors (Lipinski definition) is 3. The Morgan fingerprint density at radius 2 is 1.95 bits per heavy atom. The molecule has 1 N–H and O–H groups in total. The van der Waals surface area contributed by atoms with Crippen LogP contribution in [-0.4, -0.2) is 13.0 Å². The lowest BCUT2D eigenvalue weighted by molar-refractivity contribution is 0.0938. The minimum Gasteiger partial charge on any atom is -0.496 e. The zero-order valence-corrected chi connectivity index (χ0v) is 11.3. The lowest BCUT2D eigenvalue weighted by Crippen LogP contribution is -2.28. The molecule has 5 heteroatoms. The maximum atomic E-state index is 13.8. The SMILES string of the molecule is COc1cccc(F)c1C(=O)NC(C#N)c1ccccc1. The van der Waals surface area contributed by atoms with Crippen molar-refractivity contribution in [2.75, 3.05) is 7.11 Å². The first kappa shape index (κ1) is 14.5. The number of methoxy groups -OCH3 is 1. The highest BCUT2D eigenvalue weighted by Gasteiger charge is 2.21. The van der Waals surface area contributed by atoms with E-state index < -0.39 is 17.8 Å². The number of benzene rings is 2. The van der Waals surface area contributed by atoms with Crippen LogP contribution in [0.2, 0.25) is 0 Å². The van der Waals surface area contributed by atoms with E-state index in [-0.39, 0.29) is 11.3 Å². The van der Waals surface area contributed by atoms with Crippen LogP contribution in [0.5, 0.6) is 5.75 Å². The third-order valence-electron chi connectivity index (χ3n) is 2.96. The topological polar surface area (TPSA) is 62.1 Å². The van der Waals surface area contributed by atoms with E-state index in [1.54, 1.807) is 30.3 Å². The van der Waals surface area contributed by atoms with Gasteiger partial charge in [0, 0.05) is 0 Å². The fourth-order valence-electron chi connectivity index (χ4n) is 1.93. The van der Waals surface area contributed by atoms with Crippen molar-refractivity contribution in [3.8, 4) is 11.8 Å². The van der Waals surface area contributed by atoms with Gasteiger partial charge in [0.15, 0.2) is 0 Å². The second-order valence-corrected chi connectivity index (χ2v) is 4.26. The van der Waals surface area contributed by atoms with Gasteiger partial charge in [-0.1, -0.05) is 36.4 Å². The standard InChI is InChI=1S/C16H13FN2O2/c1-21-14-9-5-8-12(17)15(14)16(20)19-13(10-18)11-6-3-2-4-7-11/h2-9,13H,1H3,(H,19,20). The number of carbonyl (C=O) groups excluding carboxylic acids is 1. The van der Waals surface area contributed by atoms with E-state index >= 15 is 0 Å². The summed E-state index contributed by atoms with van der Waals surface area (Å²) in [5, 5.41) is 11.7. The van der Waals surface area contributed by atoms with E-state index in [1.165, 1.54) is 25.3 Å². The molecule has 2 aromatic rings. The Balaban J connectivity index is 2.28. The molecule has 1 unspecified atom stereocenters. The first-order valence-corrected chi connectivity index (χ1v) is 6.25. The number of ether oxygens (including phenoxy) is 1. The summed E-state index contributed by atoms with van der Waals surface area (Å²) >= 11 is 0. The van der Waals surface area contributed by atoms with Crippen molar-refractivity contribution >= 4 is 5.91 Å². The second kappa shape index (κ2) is 6.53. The van der Waals surface area contributed by atoms with Crippen LogP contribution >= 0.6 is 0 Å². The molecule has 0 saturated heterocycles. The Bertz CT molecular complexity index is 680. The zero-order chi connectivity index (χ0) is 15.2. The van der Waals surface area contributed by atoms with Gasteiger partial charge in [-0.25, -0.2) is 4.39 Å². The van der Waals surface area contributed by atoms with Crippen LogP contribution in [0.15, 0.2) is 48.5 Å². The summed E-state index contributed by atoms with van der Waals surface area (Å²) in [5.74, 6) is -1.27. The molecule has 1 atom stereocenters. The summed E-state index contributed by atoms with van der Waals surface area (Å²) in [5.41, 5.74) is 0.417. The number of rotatable bonds is 4. The monoisotopic (exact) mass is 284 g/mol. The van der Waals surface area contributed by atoms with Gasteiger partial charge >= 0.3 is 0 Å². The van der Waals surface area contributed by atoms with Gasteiger partial charge in [-0.05, 0) is 17.7 Å². The molecule has 0 aliphatic heterocycles. The van der Waals surface area contributed by atoms with Gasteiger partial charge in [-0.3, -0.25) is 4.79 Å². The molecule has 0 fully saturated rings. The lowest BCUT2D eigenvalue weighted by atomic mass is 10.1. The minimum atomic E-state index is -0.858. The van der Waals surface area contributed by atoms with Crippen molar-refractivity contribution in [1.29, 1.82) is 5.26 Å². The van der Waals surface area contributed by atoms with E-state index in [9.17, 15) is 14.4 Å². The molecule has 2 aromatic carbocycles. The maximum absolute atomic E-state index is 13.8. The molecule has 106 valence electrons. The Morgan fingerprint density at radius 1 is 1.24 bits per heavy atom. The quantitative estimate of drug-likeness (QED) is 0.939.